The smallest absolute Gasteiger partial charge is 0.0580 e. The second-order valence-corrected chi connectivity index (χ2v) is 3.48. The molecule has 0 aromatic heterocycles. The number of nitrogens with two attached hydrogens (primary N) is 1. The lowest BCUT2D eigenvalue weighted by molar-refractivity contribution is 0.968. The summed E-state index contributed by atoms with van der Waals surface area (Å²) in [5, 5.41) is 0.776. The fraction of sp³-hybridized carbons (Fsp3) is 0.250. The van der Waals surface area contributed by atoms with E-state index < -0.39 is 0 Å². The summed E-state index contributed by atoms with van der Waals surface area (Å²) in [6.45, 7) is 0.635. The standard InChI is InChI=1S/C8H9BrClN/c9-7-3-1-2-6(4-5-11)8(7)10/h1-3H,4-5,11H2. The van der Waals surface area contributed by atoms with Gasteiger partial charge in [0.1, 0.15) is 0 Å². The molecule has 0 amide bonds. The fourth-order valence-electron chi connectivity index (χ4n) is 0.897. The quantitative estimate of drug-likeness (QED) is 0.836. The van der Waals surface area contributed by atoms with Gasteiger partial charge in [0.05, 0.1) is 5.02 Å². The van der Waals surface area contributed by atoms with Gasteiger partial charge in [-0.3, -0.25) is 0 Å². The van der Waals surface area contributed by atoms with Gasteiger partial charge in [-0.1, -0.05) is 23.7 Å². The normalized spacial score (nSPS) is 10.1. The molecule has 1 nitrogen and oxygen atoms in total. The first-order chi connectivity index (χ1) is 5.25. The van der Waals surface area contributed by atoms with Gasteiger partial charge < -0.3 is 5.73 Å². The molecule has 0 bridgehead atoms. The van der Waals surface area contributed by atoms with Crippen molar-refractivity contribution < 1.29 is 0 Å². The molecule has 0 fully saturated rings. The van der Waals surface area contributed by atoms with Crippen LogP contribution in [-0.2, 0) is 6.42 Å². The lowest BCUT2D eigenvalue weighted by Gasteiger charge is -2.02. The van der Waals surface area contributed by atoms with Gasteiger partial charge in [0.2, 0.25) is 0 Å². The number of benzene rings is 1. The van der Waals surface area contributed by atoms with E-state index in [1.165, 1.54) is 0 Å². The molecule has 1 rings (SSSR count). The van der Waals surface area contributed by atoms with E-state index >= 15 is 0 Å². The van der Waals surface area contributed by atoms with Gasteiger partial charge in [0.25, 0.3) is 0 Å². The minimum absolute atomic E-state index is 0.635. The average Bonchev–Trinajstić information content (AvgIpc) is 1.99. The summed E-state index contributed by atoms with van der Waals surface area (Å²) in [5.41, 5.74) is 6.51. The summed E-state index contributed by atoms with van der Waals surface area (Å²) in [6.07, 6.45) is 0.832. The van der Waals surface area contributed by atoms with E-state index in [0.29, 0.717) is 6.54 Å². The molecule has 1 aromatic rings. The topological polar surface area (TPSA) is 26.0 Å². The van der Waals surface area contributed by atoms with Crippen LogP contribution in [0.2, 0.25) is 5.02 Å². The molecule has 0 saturated heterocycles. The van der Waals surface area contributed by atoms with E-state index in [2.05, 4.69) is 15.9 Å². The van der Waals surface area contributed by atoms with Crippen molar-refractivity contribution in [3.8, 4) is 0 Å². The highest BCUT2D eigenvalue weighted by molar-refractivity contribution is 9.10. The molecule has 0 saturated carbocycles. The first kappa shape index (κ1) is 9.04. The molecule has 0 spiro atoms. The number of hydrogen-bond acceptors (Lipinski definition) is 1. The third-order valence-electron chi connectivity index (χ3n) is 1.45. The Bertz CT molecular complexity index is 250. The fourth-order valence-corrected chi connectivity index (χ4v) is 1.52. The van der Waals surface area contributed by atoms with Gasteiger partial charge in [-0.2, -0.15) is 0 Å². The molecule has 60 valence electrons. The van der Waals surface area contributed by atoms with Crippen molar-refractivity contribution in [3.63, 3.8) is 0 Å². The van der Waals surface area contributed by atoms with Crippen molar-refractivity contribution in [1.29, 1.82) is 0 Å². The summed E-state index contributed by atoms with van der Waals surface area (Å²) in [5.74, 6) is 0. The van der Waals surface area contributed by atoms with Gasteiger partial charge in [0, 0.05) is 4.47 Å². The molecule has 0 aliphatic heterocycles. The van der Waals surface area contributed by atoms with Crippen LogP contribution in [0, 0.1) is 0 Å². The third kappa shape index (κ3) is 2.19. The van der Waals surface area contributed by atoms with E-state index in [9.17, 15) is 0 Å². The predicted octanol–water partition coefficient (Wildman–Crippen LogP) is 2.60. The molecular weight excluding hydrogens is 225 g/mol. The van der Waals surface area contributed by atoms with Crippen LogP contribution in [0.4, 0.5) is 0 Å². The lowest BCUT2D eigenvalue weighted by Crippen LogP contribution is -2.02. The molecule has 3 heteroatoms. The molecular formula is C8H9BrClN. The Balaban J connectivity index is 2.96. The van der Waals surface area contributed by atoms with Crippen molar-refractivity contribution >= 4 is 27.5 Å². The van der Waals surface area contributed by atoms with Crippen LogP contribution in [0.3, 0.4) is 0 Å². The molecule has 0 radical (unpaired) electrons. The second kappa shape index (κ2) is 4.10. The predicted molar refractivity (Wildman–Crippen MR) is 51.9 cm³/mol. The molecule has 0 aliphatic rings. The van der Waals surface area contributed by atoms with Crippen molar-refractivity contribution in [2.45, 2.75) is 6.42 Å². The Morgan fingerprint density at radius 2 is 2.18 bits per heavy atom. The van der Waals surface area contributed by atoms with Crippen LogP contribution < -0.4 is 5.73 Å². The molecule has 0 unspecified atom stereocenters. The van der Waals surface area contributed by atoms with Gasteiger partial charge in [0.15, 0.2) is 0 Å². The zero-order valence-corrected chi connectivity index (χ0v) is 8.32. The van der Waals surface area contributed by atoms with Crippen LogP contribution in [0.15, 0.2) is 22.7 Å². The van der Waals surface area contributed by atoms with E-state index in [1.807, 2.05) is 18.2 Å². The highest BCUT2D eigenvalue weighted by Gasteiger charge is 2.01. The molecule has 2 N–H and O–H groups in total. The van der Waals surface area contributed by atoms with Crippen LogP contribution >= 0.6 is 27.5 Å². The molecule has 0 atom stereocenters. The average molecular weight is 235 g/mol. The summed E-state index contributed by atoms with van der Waals surface area (Å²) in [7, 11) is 0. The summed E-state index contributed by atoms with van der Waals surface area (Å²) in [4.78, 5) is 0. The van der Waals surface area contributed by atoms with Crippen LogP contribution in [0.25, 0.3) is 0 Å². The highest BCUT2D eigenvalue weighted by Crippen LogP contribution is 2.25. The SMILES string of the molecule is NCCc1cccc(Br)c1Cl. The van der Waals surface area contributed by atoms with Crippen LogP contribution in [-0.4, -0.2) is 6.54 Å². The van der Waals surface area contributed by atoms with E-state index in [1.54, 1.807) is 0 Å². The summed E-state index contributed by atoms with van der Waals surface area (Å²) >= 11 is 9.31. The zero-order chi connectivity index (χ0) is 8.27. The largest absolute Gasteiger partial charge is 0.330 e. The van der Waals surface area contributed by atoms with Crippen molar-refractivity contribution in [2.24, 2.45) is 5.73 Å². The summed E-state index contributed by atoms with van der Waals surface area (Å²) in [6, 6.07) is 5.86. The van der Waals surface area contributed by atoms with E-state index in [4.69, 9.17) is 17.3 Å². The summed E-state index contributed by atoms with van der Waals surface area (Å²) < 4.78 is 0.935. The number of rotatable bonds is 2. The Kier molecular flexibility index (Phi) is 3.37. The van der Waals surface area contributed by atoms with Gasteiger partial charge in [-0.25, -0.2) is 0 Å². The Labute approximate surface area is 79.7 Å². The first-order valence-corrected chi connectivity index (χ1v) is 4.55. The maximum absolute atomic E-state index is 5.97. The Morgan fingerprint density at radius 1 is 1.45 bits per heavy atom. The van der Waals surface area contributed by atoms with E-state index in [0.717, 1.165) is 21.5 Å². The monoisotopic (exact) mass is 233 g/mol. The lowest BCUT2D eigenvalue weighted by atomic mass is 10.1. The Morgan fingerprint density at radius 3 is 2.82 bits per heavy atom. The minimum Gasteiger partial charge on any atom is -0.330 e. The Hall–Kier alpha value is -0.0500. The van der Waals surface area contributed by atoms with Crippen molar-refractivity contribution in [3.05, 3.63) is 33.3 Å². The number of hydrogen-bond donors (Lipinski definition) is 1. The molecule has 0 heterocycles. The van der Waals surface area contributed by atoms with Crippen molar-refractivity contribution in [1.82, 2.24) is 0 Å². The second-order valence-electron chi connectivity index (χ2n) is 2.25. The molecule has 1 aromatic carbocycles. The van der Waals surface area contributed by atoms with Gasteiger partial charge >= 0.3 is 0 Å². The van der Waals surface area contributed by atoms with Crippen LogP contribution in [0.5, 0.6) is 0 Å². The number of halogens is 2. The minimum atomic E-state index is 0.635. The van der Waals surface area contributed by atoms with E-state index in [-0.39, 0.29) is 0 Å². The molecule has 0 aliphatic carbocycles. The van der Waals surface area contributed by atoms with Gasteiger partial charge in [-0.05, 0) is 40.5 Å². The van der Waals surface area contributed by atoms with Crippen LogP contribution in [0.1, 0.15) is 5.56 Å². The molecule has 11 heavy (non-hydrogen) atoms. The zero-order valence-electron chi connectivity index (χ0n) is 5.98. The maximum atomic E-state index is 5.97. The third-order valence-corrected chi connectivity index (χ3v) is 2.78. The van der Waals surface area contributed by atoms with Crippen molar-refractivity contribution in [2.75, 3.05) is 6.54 Å². The first-order valence-electron chi connectivity index (χ1n) is 3.38. The van der Waals surface area contributed by atoms with Gasteiger partial charge in [-0.15, -0.1) is 0 Å². The highest BCUT2D eigenvalue weighted by atomic mass is 79.9. The maximum Gasteiger partial charge on any atom is 0.0580 e.